The normalized spacial score (nSPS) is 12.0. The number of hydrogen-bond donors (Lipinski definition) is 1. The smallest absolute Gasteiger partial charge is 0.321 e. The van der Waals surface area contributed by atoms with Gasteiger partial charge in [-0.3, -0.25) is 4.79 Å². The van der Waals surface area contributed by atoms with Gasteiger partial charge in [-0.2, -0.15) is 13.2 Å². The third-order valence-electron chi connectivity index (χ3n) is 3.30. The quantitative estimate of drug-likeness (QED) is 0.906. The van der Waals surface area contributed by atoms with Gasteiger partial charge < -0.3 is 5.32 Å². The molecule has 4 nitrogen and oxygen atoms in total. The zero-order valence-corrected chi connectivity index (χ0v) is 13.4. The fourth-order valence-corrected chi connectivity index (χ4v) is 3.08. The Morgan fingerprint density at radius 2 is 1.75 bits per heavy atom. The van der Waals surface area contributed by atoms with Gasteiger partial charge in [0, 0.05) is 5.56 Å². The number of rotatable bonds is 4. The first-order valence-electron chi connectivity index (χ1n) is 6.95. The highest BCUT2D eigenvalue weighted by Crippen LogP contribution is 2.30. The fourth-order valence-electron chi connectivity index (χ4n) is 2.03. The van der Waals surface area contributed by atoms with Crippen LogP contribution < -0.4 is 5.32 Å². The molecule has 0 aromatic heterocycles. The zero-order chi connectivity index (χ0) is 18.0. The summed E-state index contributed by atoms with van der Waals surface area (Å²) in [4.78, 5) is 12.1. The Kier molecular flexibility index (Phi) is 4.98. The number of halogens is 3. The van der Waals surface area contributed by atoms with E-state index < -0.39 is 27.5 Å². The summed E-state index contributed by atoms with van der Waals surface area (Å²) in [6.45, 7) is 1.46. The van der Waals surface area contributed by atoms with Crippen molar-refractivity contribution in [3.63, 3.8) is 0 Å². The molecule has 128 valence electrons. The van der Waals surface area contributed by atoms with Gasteiger partial charge in [0.2, 0.25) is 0 Å². The van der Waals surface area contributed by atoms with E-state index in [-0.39, 0.29) is 21.9 Å². The van der Waals surface area contributed by atoms with Crippen LogP contribution in [0.25, 0.3) is 0 Å². The maximum Gasteiger partial charge on any atom is 0.416 e. The molecule has 2 aromatic carbocycles. The minimum absolute atomic E-state index is 0.0294. The summed E-state index contributed by atoms with van der Waals surface area (Å²) in [5, 5.41) is 2.36. The molecule has 0 saturated heterocycles. The summed E-state index contributed by atoms with van der Waals surface area (Å²) in [5.41, 5.74) is -1.14. The van der Waals surface area contributed by atoms with Crippen LogP contribution >= 0.6 is 0 Å². The third kappa shape index (κ3) is 3.94. The molecular weight excluding hydrogens is 343 g/mol. The van der Waals surface area contributed by atoms with E-state index in [1.165, 1.54) is 37.3 Å². The molecule has 0 atom stereocenters. The Labute approximate surface area is 137 Å². The molecular formula is C16H14F3NO3S. The van der Waals surface area contributed by atoms with Crippen molar-refractivity contribution in [2.75, 3.05) is 11.1 Å². The van der Waals surface area contributed by atoms with Crippen LogP contribution in [-0.4, -0.2) is 20.1 Å². The fraction of sp³-hybridized carbons (Fsp3) is 0.188. The van der Waals surface area contributed by atoms with E-state index in [0.29, 0.717) is 6.07 Å². The number of carbonyl (C=O) groups is 1. The summed E-state index contributed by atoms with van der Waals surface area (Å²) in [6.07, 6.45) is -4.57. The first kappa shape index (κ1) is 18.0. The predicted octanol–water partition coefficient (Wildman–Crippen LogP) is 3.75. The van der Waals surface area contributed by atoms with Crippen molar-refractivity contribution in [3.05, 3.63) is 59.7 Å². The number of nitrogens with one attached hydrogen (secondary N) is 1. The third-order valence-corrected chi connectivity index (χ3v) is 5.09. The first-order valence-corrected chi connectivity index (χ1v) is 8.61. The van der Waals surface area contributed by atoms with Crippen LogP contribution in [0.5, 0.6) is 0 Å². The summed E-state index contributed by atoms with van der Waals surface area (Å²) in [7, 11) is -3.58. The van der Waals surface area contributed by atoms with Gasteiger partial charge in [0.05, 0.1) is 21.9 Å². The Hall–Kier alpha value is -2.35. The lowest BCUT2D eigenvalue weighted by Gasteiger charge is -2.12. The van der Waals surface area contributed by atoms with Gasteiger partial charge in [0.25, 0.3) is 5.91 Å². The Bertz CT molecular complexity index is 861. The molecule has 0 radical (unpaired) electrons. The number of carbonyl (C=O) groups excluding carboxylic acids is 1. The molecule has 0 heterocycles. The molecule has 0 aliphatic heterocycles. The van der Waals surface area contributed by atoms with E-state index in [0.717, 1.165) is 12.1 Å². The standard InChI is InChI=1S/C16H14F3NO3S/c1-2-24(22,23)14-9-4-3-8-13(14)20-15(21)11-6-5-7-12(10-11)16(17,18)19/h3-10H,2H2,1H3,(H,20,21). The van der Waals surface area contributed by atoms with Crippen molar-refractivity contribution < 1.29 is 26.4 Å². The minimum atomic E-state index is -4.57. The Balaban J connectivity index is 2.35. The van der Waals surface area contributed by atoms with Crippen LogP contribution in [-0.2, 0) is 16.0 Å². The number of hydrogen-bond acceptors (Lipinski definition) is 3. The number of anilines is 1. The lowest BCUT2D eigenvalue weighted by molar-refractivity contribution is -0.137. The highest BCUT2D eigenvalue weighted by atomic mass is 32.2. The summed E-state index contributed by atoms with van der Waals surface area (Å²) in [6, 6.07) is 9.65. The lowest BCUT2D eigenvalue weighted by Crippen LogP contribution is -2.16. The average molecular weight is 357 g/mol. The van der Waals surface area contributed by atoms with Gasteiger partial charge in [0.15, 0.2) is 9.84 Å². The summed E-state index contributed by atoms with van der Waals surface area (Å²) in [5.74, 6) is -0.983. The molecule has 1 N–H and O–H groups in total. The Morgan fingerprint density at radius 3 is 2.38 bits per heavy atom. The molecule has 8 heteroatoms. The van der Waals surface area contributed by atoms with E-state index >= 15 is 0 Å². The van der Waals surface area contributed by atoms with Crippen molar-refractivity contribution in [2.24, 2.45) is 0 Å². The van der Waals surface area contributed by atoms with Crippen molar-refractivity contribution in [1.29, 1.82) is 0 Å². The van der Waals surface area contributed by atoms with Gasteiger partial charge in [0.1, 0.15) is 0 Å². The Morgan fingerprint density at radius 1 is 1.08 bits per heavy atom. The van der Waals surface area contributed by atoms with E-state index in [1.54, 1.807) is 0 Å². The first-order chi connectivity index (χ1) is 11.1. The molecule has 0 aliphatic carbocycles. The van der Waals surface area contributed by atoms with Crippen molar-refractivity contribution in [3.8, 4) is 0 Å². The van der Waals surface area contributed by atoms with Crippen molar-refractivity contribution >= 4 is 21.4 Å². The molecule has 2 rings (SSSR count). The van der Waals surface area contributed by atoms with E-state index in [4.69, 9.17) is 0 Å². The number of alkyl halides is 3. The monoisotopic (exact) mass is 357 g/mol. The second-order valence-corrected chi connectivity index (χ2v) is 7.18. The maximum atomic E-state index is 12.7. The largest absolute Gasteiger partial charge is 0.416 e. The van der Waals surface area contributed by atoms with E-state index in [2.05, 4.69) is 5.32 Å². The summed E-state index contributed by atoms with van der Waals surface area (Å²) >= 11 is 0. The molecule has 1 amide bonds. The molecule has 0 unspecified atom stereocenters. The van der Waals surface area contributed by atoms with Crippen LogP contribution in [0.2, 0.25) is 0 Å². The van der Waals surface area contributed by atoms with Crippen LogP contribution in [0.15, 0.2) is 53.4 Å². The van der Waals surface area contributed by atoms with Crippen LogP contribution in [0.1, 0.15) is 22.8 Å². The average Bonchev–Trinajstić information content (AvgIpc) is 2.54. The number of amides is 1. The molecule has 0 aliphatic rings. The topological polar surface area (TPSA) is 63.2 Å². The molecule has 0 fully saturated rings. The number of para-hydroxylation sites is 1. The molecule has 0 spiro atoms. The van der Waals surface area contributed by atoms with Crippen molar-refractivity contribution in [1.82, 2.24) is 0 Å². The van der Waals surface area contributed by atoms with Crippen molar-refractivity contribution in [2.45, 2.75) is 18.0 Å². The summed E-state index contributed by atoms with van der Waals surface area (Å²) < 4.78 is 62.2. The highest BCUT2D eigenvalue weighted by Gasteiger charge is 2.31. The van der Waals surface area contributed by atoms with Gasteiger partial charge in [-0.15, -0.1) is 0 Å². The molecule has 24 heavy (non-hydrogen) atoms. The second-order valence-electron chi connectivity index (χ2n) is 4.93. The number of sulfone groups is 1. The van der Waals surface area contributed by atoms with Crippen LogP contribution in [0.4, 0.5) is 18.9 Å². The molecule has 0 bridgehead atoms. The van der Waals surface area contributed by atoms with Gasteiger partial charge >= 0.3 is 6.18 Å². The highest BCUT2D eigenvalue weighted by molar-refractivity contribution is 7.91. The second kappa shape index (κ2) is 6.64. The van der Waals surface area contributed by atoms with Crippen LogP contribution in [0, 0.1) is 0 Å². The minimum Gasteiger partial charge on any atom is -0.321 e. The molecule has 2 aromatic rings. The van der Waals surface area contributed by atoms with Gasteiger partial charge in [-0.05, 0) is 30.3 Å². The van der Waals surface area contributed by atoms with E-state index in [9.17, 15) is 26.4 Å². The van der Waals surface area contributed by atoms with E-state index in [1.807, 2.05) is 0 Å². The molecule has 0 saturated carbocycles. The van der Waals surface area contributed by atoms with Crippen LogP contribution in [0.3, 0.4) is 0 Å². The van der Waals surface area contributed by atoms with Gasteiger partial charge in [-0.25, -0.2) is 8.42 Å². The lowest BCUT2D eigenvalue weighted by atomic mass is 10.1. The zero-order valence-electron chi connectivity index (χ0n) is 12.6. The SMILES string of the molecule is CCS(=O)(=O)c1ccccc1NC(=O)c1cccc(C(F)(F)F)c1. The maximum absolute atomic E-state index is 12.7. The predicted molar refractivity (Wildman–Crippen MR) is 83.6 cm³/mol. The van der Waals surface area contributed by atoms with Gasteiger partial charge in [-0.1, -0.05) is 25.1 Å². The number of benzene rings is 2.